The lowest BCUT2D eigenvalue weighted by atomic mass is 10.0. The van der Waals surface area contributed by atoms with E-state index < -0.39 is 0 Å². The molecule has 0 aliphatic heterocycles. The Labute approximate surface area is 178 Å². The summed E-state index contributed by atoms with van der Waals surface area (Å²) in [5, 5.41) is 4.31. The molecule has 0 saturated carbocycles. The van der Waals surface area contributed by atoms with Crippen molar-refractivity contribution < 1.29 is 0 Å². The molecule has 30 heavy (non-hydrogen) atoms. The highest BCUT2D eigenvalue weighted by Crippen LogP contribution is 2.21. The van der Waals surface area contributed by atoms with E-state index in [0.29, 0.717) is 5.95 Å². The molecule has 4 rings (SSSR count). The second-order valence-corrected chi connectivity index (χ2v) is 8.16. The molecule has 1 N–H and O–H groups in total. The summed E-state index contributed by atoms with van der Waals surface area (Å²) in [5.41, 5.74) is 3.21. The van der Waals surface area contributed by atoms with E-state index in [-0.39, 0.29) is 0 Å². The molecule has 3 heterocycles. The molecule has 0 saturated heterocycles. The van der Waals surface area contributed by atoms with Crippen LogP contribution in [0.4, 0.5) is 11.6 Å². The molecule has 0 aliphatic carbocycles. The van der Waals surface area contributed by atoms with Gasteiger partial charge < -0.3 is 5.32 Å². The monoisotopic (exact) mass is 399 g/mol. The highest BCUT2D eigenvalue weighted by molar-refractivity contribution is 5.78. The minimum absolute atomic E-state index is 0.583. The summed E-state index contributed by atoms with van der Waals surface area (Å²) in [6.45, 7) is 4.59. The standard InChI is InChI=1S/C25H29N5/c1-19(2)8-4-3-5-9-20-11-13-22(14-12-20)28-25-27-18-21-15-17-30(24(21)29-25)23-10-6-7-16-26-23/h6-7,10-19H,3-5,8-9H2,1-2H3,(H,27,28,29). The van der Waals surface area contributed by atoms with E-state index >= 15 is 0 Å². The molecule has 3 aromatic heterocycles. The number of hydrogen-bond acceptors (Lipinski definition) is 4. The van der Waals surface area contributed by atoms with Crippen molar-refractivity contribution in [2.24, 2.45) is 5.92 Å². The Kier molecular flexibility index (Phi) is 6.38. The molecule has 0 amide bonds. The van der Waals surface area contributed by atoms with Crippen LogP contribution in [-0.2, 0) is 6.42 Å². The molecule has 0 unspecified atom stereocenters. The Hall–Kier alpha value is -3.21. The molecule has 5 heteroatoms. The lowest BCUT2D eigenvalue weighted by molar-refractivity contribution is 0.527. The summed E-state index contributed by atoms with van der Waals surface area (Å²) in [4.78, 5) is 13.6. The average Bonchev–Trinajstić information content (AvgIpc) is 3.18. The summed E-state index contributed by atoms with van der Waals surface area (Å²) >= 11 is 0. The number of unbranched alkanes of at least 4 members (excludes halogenated alkanes) is 2. The number of aryl methyl sites for hydroxylation is 1. The zero-order valence-corrected chi connectivity index (χ0v) is 17.8. The van der Waals surface area contributed by atoms with Gasteiger partial charge in [0.25, 0.3) is 0 Å². The van der Waals surface area contributed by atoms with E-state index in [1.807, 2.05) is 41.2 Å². The fourth-order valence-electron chi connectivity index (χ4n) is 3.60. The molecule has 4 aromatic rings. The van der Waals surface area contributed by atoms with Crippen LogP contribution in [0.2, 0.25) is 0 Å². The van der Waals surface area contributed by atoms with Crippen LogP contribution in [0.1, 0.15) is 45.1 Å². The van der Waals surface area contributed by atoms with Gasteiger partial charge in [0, 0.05) is 29.7 Å². The summed E-state index contributed by atoms with van der Waals surface area (Å²) in [5.74, 6) is 2.23. The van der Waals surface area contributed by atoms with Gasteiger partial charge in [-0.1, -0.05) is 51.3 Å². The van der Waals surface area contributed by atoms with E-state index in [1.54, 1.807) is 6.20 Å². The molecule has 0 bridgehead atoms. The first-order chi connectivity index (χ1) is 14.7. The molecule has 5 nitrogen and oxygen atoms in total. The zero-order chi connectivity index (χ0) is 20.8. The summed E-state index contributed by atoms with van der Waals surface area (Å²) < 4.78 is 1.98. The fourth-order valence-corrected chi connectivity index (χ4v) is 3.60. The van der Waals surface area contributed by atoms with Crippen LogP contribution in [0, 0.1) is 5.92 Å². The van der Waals surface area contributed by atoms with Crippen LogP contribution in [0.25, 0.3) is 16.9 Å². The summed E-state index contributed by atoms with van der Waals surface area (Å²) in [6, 6.07) is 16.5. The SMILES string of the molecule is CC(C)CCCCCc1ccc(Nc2ncc3ccn(-c4ccccn4)c3n2)cc1. The van der Waals surface area contributed by atoms with Crippen LogP contribution < -0.4 is 5.32 Å². The minimum Gasteiger partial charge on any atom is -0.324 e. The highest BCUT2D eigenvalue weighted by Gasteiger charge is 2.08. The number of nitrogens with one attached hydrogen (secondary N) is 1. The third kappa shape index (κ3) is 5.03. The van der Waals surface area contributed by atoms with Crippen molar-refractivity contribution >= 4 is 22.7 Å². The van der Waals surface area contributed by atoms with Crippen LogP contribution in [-0.4, -0.2) is 19.5 Å². The Balaban J connectivity index is 1.40. The smallest absolute Gasteiger partial charge is 0.229 e. The van der Waals surface area contributed by atoms with Crippen LogP contribution in [0.5, 0.6) is 0 Å². The average molecular weight is 400 g/mol. The first kappa shape index (κ1) is 20.1. The topological polar surface area (TPSA) is 55.6 Å². The number of hydrogen-bond donors (Lipinski definition) is 1. The van der Waals surface area contributed by atoms with Gasteiger partial charge >= 0.3 is 0 Å². The number of anilines is 2. The number of nitrogens with zero attached hydrogens (tertiary/aromatic N) is 4. The van der Waals surface area contributed by atoms with Crippen molar-refractivity contribution in [2.75, 3.05) is 5.32 Å². The molecule has 1 aromatic carbocycles. The summed E-state index contributed by atoms with van der Waals surface area (Å²) in [7, 11) is 0. The van der Waals surface area contributed by atoms with Gasteiger partial charge in [0.15, 0.2) is 5.65 Å². The van der Waals surface area contributed by atoms with Gasteiger partial charge in [0.1, 0.15) is 5.82 Å². The highest BCUT2D eigenvalue weighted by atomic mass is 15.2. The molecule has 0 atom stereocenters. The maximum absolute atomic E-state index is 4.71. The Morgan fingerprint density at radius 2 is 1.80 bits per heavy atom. The van der Waals surface area contributed by atoms with Gasteiger partial charge in [0.05, 0.1) is 0 Å². The third-order valence-electron chi connectivity index (χ3n) is 5.28. The molecule has 0 aliphatic rings. The second kappa shape index (κ2) is 9.53. The molecular formula is C25H29N5. The minimum atomic E-state index is 0.583. The van der Waals surface area contributed by atoms with Crippen molar-refractivity contribution in [3.05, 3.63) is 72.7 Å². The van der Waals surface area contributed by atoms with Crippen molar-refractivity contribution in [2.45, 2.75) is 46.0 Å². The van der Waals surface area contributed by atoms with Gasteiger partial charge in [-0.05, 0) is 54.7 Å². The third-order valence-corrected chi connectivity index (χ3v) is 5.28. The Morgan fingerprint density at radius 1 is 0.933 bits per heavy atom. The molecule has 154 valence electrons. The lowest BCUT2D eigenvalue weighted by Crippen LogP contribution is -2.01. The van der Waals surface area contributed by atoms with Gasteiger partial charge in [-0.25, -0.2) is 9.97 Å². The van der Waals surface area contributed by atoms with Gasteiger partial charge in [0.2, 0.25) is 5.95 Å². The van der Waals surface area contributed by atoms with Crippen LogP contribution in [0.15, 0.2) is 67.1 Å². The number of aromatic nitrogens is 4. The zero-order valence-electron chi connectivity index (χ0n) is 17.8. The van der Waals surface area contributed by atoms with Crippen molar-refractivity contribution in [3.63, 3.8) is 0 Å². The number of fused-ring (bicyclic) bond motifs is 1. The quantitative estimate of drug-likeness (QED) is 0.335. The normalized spacial score (nSPS) is 11.3. The number of benzene rings is 1. The maximum atomic E-state index is 4.71. The van der Waals surface area contributed by atoms with E-state index in [4.69, 9.17) is 4.98 Å². The fraction of sp³-hybridized carbons (Fsp3) is 0.320. The van der Waals surface area contributed by atoms with Gasteiger partial charge in [-0.15, -0.1) is 0 Å². The Bertz CT molecular complexity index is 1070. The number of pyridine rings is 1. The van der Waals surface area contributed by atoms with Crippen LogP contribution >= 0.6 is 0 Å². The first-order valence-corrected chi connectivity index (χ1v) is 10.8. The van der Waals surface area contributed by atoms with E-state index in [1.165, 1.54) is 31.2 Å². The number of rotatable bonds is 9. The van der Waals surface area contributed by atoms with Gasteiger partial charge in [-0.2, -0.15) is 4.98 Å². The Morgan fingerprint density at radius 3 is 2.57 bits per heavy atom. The van der Waals surface area contributed by atoms with Gasteiger partial charge in [-0.3, -0.25) is 4.57 Å². The maximum Gasteiger partial charge on any atom is 0.229 e. The molecule has 0 spiro atoms. The predicted octanol–water partition coefficient (Wildman–Crippen LogP) is 6.32. The largest absolute Gasteiger partial charge is 0.324 e. The van der Waals surface area contributed by atoms with E-state index in [9.17, 15) is 0 Å². The van der Waals surface area contributed by atoms with E-state index in [0.717, 1.165) is 34.9 Å². The molecule has 0 radical (unpaired) electrons. The second-order valence-electron chi connectivity index (χ2n) is 8.16. The summed E-state index contributed by atoms with van der Waals surface area (Å²) in [6.07, 6.45) is 12.0. The molecule has 0 fully saturated rings. The predicted molar refractivity (Wildman–Crippen MR) is 123 cm³/mol. The van der Waals surface area contributed by atoms with Crippen molar-refractivity contribution in [3.8, 4) is 5.82 Å². The molecular weight excluding hydrogens is 370 g/mol. The van der Waals surface area contributed by atoms with Crippen molar-refractivity contribution in [1.29, 1.82) is 0 Å². The van der Waals surface area contributed by atoms with Crippen molar-refractivity contribution in [1.82, 2.24) is 19.5 Å². The lowest BCUT2D eigenvalue weighted by Gasteiger charge is -2.08. The first-order valence-electron chi connectivity index (χ1n) is 10.8. The van der Waals surface area contributed by atoms with E-state index in [2.05, 4.69) is 53.4 Å². The van der Waals surface area contributed by atoms with Crippen LogP contribution in [0.3, 0.4) is 0 Å².